The summed E-state index contributed by atoms with van der Waals surface area (Å²) in [6.45, 7) is 0.409. The molecule has 1 atom stereocenters. The minimum atomic E-state index is -4.57. The molecule has 9 nitrogen and oxygen atoms in total. The summed E-state index contributed by atoms with van der Waals surface area (Å²) in [6.07, 6.45) is 0.609. The molecule has 0 bridgehead atoms. The van der Waals surface area contributed by atoms with Crippen LogP contribution in [0.1, 0.15) is 30.2 Å². The first kappa shape index (κ1) is 24.4. The molecule has 4 rings (SSSR count). The Balaban J connectivity index is 1.48. The maximum absolute atomic E-state index is 13.2. The first-order valence-corrected chi connectivity index (χ1v) is 11.1. The van der Waals surface area contributed by atoms with E-state index < -0.39 is 30.5 Å². The van der Waals surface area contributed by atoms with Gasteiger partial charge in [-0.15, -0.1) is 0 Å². The minimum Gasteiger partial charge on any atom is -0.493 e. The second-order valence-corrected chi connectivity index (χ2v) is 8.17. The van der Waals surface area contributed by atoms with E-state index in [1.165, 1.54) is 0 Å². The van der Waals surface area contributed by atoms with E-state index >= 15 is 0 Å². The molecule has 1 aliphatic rings. The predicted octanol–water partition coefficient (Wildman–Crippen LogP) is 2.76. The highest BCUT2D eigenvalue weighted by atomic mass is 19.4. The molecule has 1 aromatic carbocycles. The molecule has 1 unspecified atom stereocenters. The lowest BCUT2D eigenvalue weighted by Crippen LogP contribution is -2.41. The van der Waals surface area contributed by atoms with Gasteiger partial charge in [-0.3, -0.25) is 9.59 Å². The average Bonchev–Trinajstić information content (AvgIpc) is 3.16. The highest BCUT2D eigenvalue weighted by Crippen LogP contribution is 2.30. The van der Waals surface area contributed by atoms with Gasteiger partial charge >= 0.3 is 12.1 Å². The number of nitrogens with zero attached hydrogens (tertiary/aromatic N) is 5. The molecule has 2 aromatic heterocycles. The minimum absolute atomic E-state index is 0.130. The van der Waals surface area contributed by atoms with Crippen LogP contribution >= 0.6 is 0 Å². The lowest BCUT2D eigenvalue weighted by Gasteiger charge is -2.25. The number of benzene rings is 1. The maximum Gasteiger partial charge on any atom is 0.406 e. The van der Waals surface area contributed by atoms with Crippen LogP contribution < -0.4 is 4.74 Å². The molecule has 12 heteroatoms. The summed E-state index contributed by atoms with van der Waals surface area (Å²) in [5.74, 6) is -1.32. The molecule has 0 aliphatic carbocycles. The summed E-state index contributed by atoms with van der Waals surface area (Å²) in [5, 5.41) is 4.11. The van der Waals surface area contributed by atoms with Gasteiger partial charge in [-0.1, -0.05) is 6.07 Å². The Bertz CT molecular complexity index is 1180. The zero-order valence-corrected chi connectivity index (χ0v) is 19.0. The van der Waals surface area contributed by atoms with Crippen molar-refractivity contribution in [2.75, 3.05) is 19.8 Å². The third-order valence-electron chi connectivity index (χ3n) is 5.55. The fourth-order valence-corrected chi connectivity index (χ4v) is 4.04. The average molecular weight is 491 g/mol. The van der Waals surface area contributed by atoms with Gasteiger partial charge in [-0.05, 0) is 36.6 Å². The van der Waals surface area contributed by atoms with Crippen molar-refractivity contribution in [2.24, 2.45) is 5.92 Å². The molecule has 186 valence electrons. The van der Waals surface area contributed by atoms with Crippen molar-refractivity contribution in [2.45, 2.75) is 38.9 Å². The molecule has 1 aliphatic heterocycles. The maximum atomic E-state index is 13.2. The summed E-state index contributed by atoms with van der Waals surface area (Å²) in [4.78, 5) is 34.1. The number of carbonyl (C=O) groups is 2. The number of rotatable bonds is 8. The van der Waals surface area contributed by atoms with Crippen molar-refractivity contribution < 1.29 is 32.2 Å². The van der Waals surface area contributed by atoms with E-state index in [1.807, 2.05) is 0 Å². The van der Waals surface area contributed by atoms with Gasteiger partial charge in [0.1, 0.15) is 12.3 Å². The number of hydrogen-bond donors (Lipinski definition) is 0. The number of carbonyl (C=O) groups excluding carboxylic acids is 2. The largest absolute Gasteiger partial charge is 0.493 e. The number of imidazole rings is 1. The van der Waals surface area contributed by atoms with Gasteiger partial charge < -0.3 is 14.4 Å². The van der Waals surface area contributed by atoms with E-state index in [2.05, 4.69) is 15.1 Å². The predicted molar refractivity (Wildman–Crippen MR) is 116 cm³/mol. The van der Waals surface area contributed by atoms with Crippen molar-refractivity contribution in [1.82, 2.24) is 24.5 Å². The summed E-state index contributed by atoms with van der Waals surface area (Å²) in [6, 6.07) is 5.08. The van der Waals surface area contributed by atoms with Crippen molar-refractivity contribution in [3.05, 3.63) is 53.6 Å². The lowest BCUT2D eigenvalue weighted by atomic mass is 9.94. The molecular formula is C23H24F3N5O4. The number of halogens is 3. The number of hydrogen-bond acceptors (Lipinski definition) is 7. The molecule has 35 heavy (non-hydrogen) atoms. The van der Waals surface area contributed by atoms with E-state index in [1.54, 1.807) is 48.2 Å². The fourth-order valence-electron chi connectivity index (χ4n) is 4.04. The number of alkyl halides is 3. The lowest BCUT2D eigenvalue weighted by molar-refractivity contribution is -0.165. The van der Waals surface area contributed by atoms with Crippen LogP contribution in [0.5, 0.6) is 5.75 Å². The number of aromatic nitrogens is 4. The molecule has 0 spiro atoms. The van der Waals surface area contributed by atoms with Crippen molar-refractivity contribution in [1.29, 1.82) is 0 Å². The van der Waals surface area contributed by atoms with Crippen LogP contribution in [-0.2, 0) is 33.7 Å². The van der Waals surface area contributed by atoms with Crippen LogP contribution in [0.25, 0.3) is 5.78 Å². The third-order valence-corrected chi connectivity index (χ3v) is 5.55. The van der Waals surface area contributed by atoms with Crippen LogP contribution in [0.3, 0.4) is 0 Å². The first-order chi connectivity index (χ1) is 16.7. The topological polar surface area (TPSA) is 98.9 Å². The smallest absolute Gasteiger partial charge is 0.406 e. The molecule has 0 fully saturated rings. The summed E-state index contributed by atoms with van der Waals surface area (Å²) in [5.41, 5.74) is 1.98. The Hall–Kier alpha value is -3.70. The molecule has 3 aromatic rings. The van der Waals surface area contributed by atoms with Crippen LogP contribution in [0.4, 0.5) is 13.2 Å². The fraction of sp³-hybridized carbons (Fsp3) is 0.435. The Kier molecular flexibility index (Phi) is 7.17. The monoisotopic (exact) mass is 491 g/mol. The van der Waals surface area contributed by atoms with E-state index in [0.29, 0.717) is 29.1 Å². The van der Waals surface area contributed by atoms with Gasteiger partial charge in [0, 0.05) is 13.0 Å². The molecule has 3 heterocycles. The molecule has 0 N–H and O–H groups in total. The molecule has 1 amide bonds. The van der Waals surface area contributed by atoms with Gasteiger partial charge in [0.2, 0.25) is 5.91 Å². The zero-order chi connectivity index (χ0) is 25.0. The highest BCUT2D eigenvalue weighted by Gasteiger charge is 2.38. The van der Waals surface area contributed by atoms with Gasteiger partial charge in [0.25, 0.3) is 5.78 Å². The van der Waals surface area contributed by atoms with E-state index in [9.17, 15) is 22.8 Å². The Morgan fingerprint density at radius 2 is 2.06 bits per heavy atom. The SMILES string of the molecule is CCOC(=O)CC1Cc2ccc(OCCc3cn4nccnc4n3)cc2CN(CC(F)(F)F)C1=O. The molecule has 0 saturated heterocycles. The van der Waals surface area contributed by atoms with Gasteiger partial charge in [-0.25, -0.2) is 14.5 Å². The van der Waals surface area contributed by atoms with Crippen LogP contribution in [0.15, 0.2) is 36.8 Å². The second kappa shape index (κ2) is 10.3. The summed E-state index contributed by atoms with van der Waals surface area (Å²) in [7, 11) is 0. The van der Waals surface area contributed by atoms with E-state index in [-0.39, 0.29) is 32.6 Å². The zero-order valence-electron chi connectivity index (χ0n) is 19.0. The summed E-state index contributed by atoms with van der Waals surface area (Å²) >= 11 is 0. The normalized spacial score (nSPS) is 16.2. The molecule has 0 radical (unpaired) electrons. The highest BCUT2D eigenvalue weighted by molar-refractivity contribution is 5.84. The molecule has 0 saturated carbocycles. The number of amides is 1. The van der Waals surface area contributed by atoms with Crippen LogP contribution in [0.2, 0.25) is 0 Å². The standard InChI is InChI=1S/C23H24F3N5O4/c1-2-34-20(32)11-16-9-15-3-4-19(10-17(15)12-30(21(16)33)14-23(24,25)26)35-8-5-18-13-31-22(29-18)27-6-7-28-31/h3-4,6-7,10,13,16H,2,5,8-9,11-12,14H2,1H3. The van der Waals surface area contributed by atoms with Crippen molar-refractivity contribution in [3.63, 3.8) is 0 Å². The van der Waals surface area contributed by atoms with Gasteiger partial charge in [-0.2, -0.15) is 18.3 Å². The Labute approximate surface area is 198 Å². The number of esters is 1. The first-order valence-electron chi connectivity index (χ1n) is 11.1. The molecular weight excluding hydrogens is 467 g/mol. The Morgan fingerprint density at radius 3 is 2.80 bits per heavy atom. The van der Waals surface area contributed by atoms with Crippen molar-refractivity contribution in [3.8, 4) is 5.75 Å². The summed E-state index contributed by atoms with van der Waals surface area (Å²) < 4.78 is 51.8. The number of ether oxygens (including phenoxy) is 2. The van der Waals surface area contributed by atoms with E-state index in [4.69, 9.17) is 9.47 Å². The van der Waals surface area contributed by atoms with Crippen molar-refractivity contribution >= 4 is 17.7 Å². The third kappa shape index (κ3) is 6.25. The van der Waals surface area contributed by atoms with Gasteiger partial charge in [0.15, 0.2) is 0 Å². The Morgan fingerprint density at radius 1 is 1.23 bits per heavy atom. The van der Waals surface area contributed by atoms with Crippen LogP contribution in [0, 0.1) is 5.92 Å². The van der Waals surface area contributed by atoms with Crippen LogP contribution in [-0.4, -0.2) is 62.3 Å². The quantitative estimate of drug-likeness (QED) is 0.447. The second-order valence-electron chi connectivity index (χ2n) is 8.17. The number of fused-ring (bicyclic) bond motifs is 2. The van der Waals surface area contributed by atoms with E-state index in [0.717, 1.165) is 10.6 Å². The van der Waals surface area contributed by atoms with Gasteiger partial charge in [0.05, 0.1) is 49.8 Å².